The monoisotopic (exact) mass is 571 g/mol. The first-order valence-electron chi connectivity index (χ1n) is 13.8. The molecule has 0 radical (unpaired) electrons. The predicted octanol–water partition coefficient (Wildman–Crippen LogP) is 5.02. The maximum Gasteiger partial charge on any atom is 0.243 e. The highest BCUT2D eigenvalue weighted by Gasteiger charge is 2.33. The third kappa shape index (κ3) is 7.60. The van der Waals surface area contributed by atoms with E-state index in [0.29, 0.717) is 6.42 Å². The summed E-state index contributed by atoms with van der Waals surface area (Å²) in [6, 6.07) is 30.5. The van der Waals surface area contributed by atoms with Gasteiger partial charge in [0.1, 0.15) is 6.04 Å². The Morgan fingerprint density at radius 2 is 1.39 bits per heavy atom. The number of likely N-dealkylation sites (N-methyl/N-ethyl adjacent to an activating group) is 1. The molecule has 0 aromatic heterocycles. The van der Waals surface area contributed by atoms with Crippen molar-refractivity contribution in [1.82, 2.24) is 14.5 Å². The van der Waals surface area contributed by atoms with Gasteiger partial charge in [-0.2, -0.15) is 4.31 Å². The van der Waals surface area contributed by atoms with Crippen molar-refractivity contribution in [3.63, 3.8) is 0 Å². The summed E-state index contributed by atoms with van der Waals surface area (Å²) in [6.07, 6.45) is 1.03. The van der Waals surface area contributed by atoms with Gasteiger partial charge in [-0.15, -0.1) is 0 Å². The van der Waals surface area contributed by atoms with Crippen LogP contribution < -0.4 is 5.32 Å². The van der Waals surface area contributed by atoms with Crippen LogP contribution in [0.5, 0.6) is 0 Å². The van der Waals surface area contributed by atoms with Crippen LogP contribution in [-0.2, 0) is 32.6 Å². The minimum absolute atomic E-state index is 0.0783. The molecule has 41 heavy (non-hydrogen) atoms. The Morgan fingerprint density at radius 1 is 0.805 bits per heavy atom. The van der Waals surface area contributed by atoms with Crippen molar-refractivity contribution in [2.24, 2.45) is 0 Å². The number of nitrogens with zero attached hydrogens (tertiary/aromatic N) is 2. The van der Waals surface area contributed by atoms with Crippen molar-refractivity contribution in [2.75, 3.05) is 13.6 Å². The van der Waals surface area contributed by atoms with Gasteiger partial charge in [0.05, 0.1) is 11.4 Å². The van der Waals surface area contributed by atoms with Gasteiger partial charge in [-0.3, -0.25) is 9.59 Å². The zero-order valence-electron chi connectivity index (χ0n) is 23.7. The van der Waals surface area contributed by atoms with Crippen molar-refractivity contribution in [1.29, 1.82) is 0 Å². The van der Waals surface area contributed by atoms with Gasteiger partial charge in [0.25, 0.3) is 0 Å². The SMILES string of the molecule is CC[C@@H](C)NC(=O)[C@@H](Cc1ccccc1)N(Cc1ccccc1)C(=O)CN(C)S(=O)(=O)c1ccc2ccccc2c1. The van der Waals surface area contributed by atoms with Gasteiger partial charge in [0, 0.05) is 26.1 Å². The van der Waals surface area contributed by atoms with Crippen molar-refractivity contribution in [3.8, 4) is 0 Å². The summed E-state index contributed by atoms with van der Waals surface area (Å²) in [7, 11) is -2.58. The van der Waals surface area contributed by atoms with E-state index >= 15 is 0 Å². The lowest BCUT2D eigenvalue weighted by atomic mass is 10.0. The number of carbonyl (C=O) groups excluding carboxylic acids is 2. The first kappa shape index (κ1) is 30.0. The molecule has 0 bridgehead atoms. The summed E-state index contributed by atoms with van der Waals surface area (Å²) in [6.45, 7) is 3.65. The van der Waals surface area contributed by atoms with Crippen LogP contribution in [0.25, 0.3) is 10.8 Å². The number of amides is 2. The van der Waals surface area contributed by atoms with E-state index in [2.05, 4.69) is 5.32 Å². The summed E-state index contributed by atoms with van der Waals surface area (Å²) in [5.74, 6) is -0.728. The number of carbonyl (C=O) groups is 2. The molecule has 2 amide bonds. The maximum absolute atomic E-state index is 14.0. The highest BCUT2D eigenvalue weighted by molar-refractivity contribution is 7.89. The fraction of sp³-hybridized carbons (Fsp3) is 0.273. The summed E-state index contributed by atoms with van der Waals surface area (Å²) < 4.78 is 28.2. The van der Waals surface area contributed by atoms with Gasteiger partial charge < -0.3 is 10.2 Å². The van der Waals surface area contributed by atoms with Crippen LogP contribution in [0.15, 0.2) is 108 Å². The number of hydrogen-bond acceptors (Lipinski definition) is 4. The van der Waals surface area contributed by atoms with Gasteiger partial charge in [-0.1, -0.05) is 97.9 Å². The molecule has 0 fully saturated rings. The molecular formula is C33H37N3O4S. The van der Waals surface area contributed by atoms with Crippen LogP contribution in [0, 0.1) is 0 Å². The Bertz CT molecular complexity index is 1580. The second-order valence-electron chi connectivity index (χ2n) is 10.3. The van der Waals surface area contributed by atoms with E-state index in [1.165, 1.54) is 11.9 Å². The zero-order valence-corrected chi connectivity index (χ0v) is 24.6. The lowest BCUT2D eigenvalue weighted by Gasteiger charge is -2.33. The van der Waals surface area contributed by atoms with E-state index < -0.39 is 28.5 Å². The van der Waals surface area contributed by atoms with E-state index in [4.69, 9.17) is 0 Å². The number of nitrogens with one attached hydrogen (secondary N) is 1. The molecule has 0 unspecified atom stereocenters. The molecule has 0 aliphatic carbocycles. The lowest BCUT2D eigenvalue weighted by molar-refractivity contribution is -0.141. The molecule has 0 aliphatic heterocycles. The standard InChI is InChI=1S/C33H37N3O4S/c1-4-25(2)34-33(38)31(21-26-13-7-5-8-14-26)36(23-27-15-9-6-10-16-27)32(37)24-35(3)41(39,40)30-20-19-28-17-11-12-18-29(28)22-30/h5-20,22,25,31H,4,21,23-24H2,1-3H3,(H,34,38)/t25-,31-/m1/s1. The summed E-state index contributed by atoms with van der Waals surface area (Å²) in [5.41, 5.74) is 1.75. The van der Waals surface area contributed by atoms with Crippen molar-refractivity contribution >= 4 is 32.6 Å². The average Bonchev–Trinajstić information content (AvgIpc) is 2.99. The van der Waals surface area contributed by atoms with Gasteiger partial charge in [-0.05, 0) is 47.4 Å². The first-order chi connectivity index (χ1) is 19.7. The van der Waals surface area contributed by atoms with Crippen LogP contribution in [-0.4, -0.2) is 55.1 Å². The number of sulfonamides is 1. The molecule has 8 heteroatoms. The van der Waals surface area contributed by atoms with Crippen LogP contribution in [0.2, 0.25) is 0 Å². The highest BCUT2D eigenvalue weighted by atomic mass is 32.2. The zero-order chi connectivity index (χ0) is 29.4. The minimum atomic E-state index is -3.97. The van der Waals surface area contributed by atoms with E-state index in [0.717, 1.165) is 32.6 Å². The first-order valence-corrected chi connectivity index (χ1v) is 15.3. The third-order valence-corrected chi connectivity index (χ3v) is 9.05. The third-order valence-electron chi connectivity index (χ3n) is 7.25. The molecular weight excluding hydrogens is 534 g/mol. The molecule has 0 spiro atoms. The number of hydrogen-bond donors (Lipinski definition) is 1. The molecule has 7 nitrogen and oxygen atoms in total. The number of rotatable bonds is 12. The van der Waals surface area contributed by atoms with Crippen LogP contribution in [0.1, 0.15) is 31.4 Å². The number of benzene rings is 4. The Kier molecular flexibility index (Phi) is 9.91. The molecule has 4 rings (SSSR count). The Balaban J connectivity index is 1.66. The lowest BCUT2D eigenvalue weighted by Crippen LogP contribution is -2.54. The topological polar surface area (TPSA) is 86.8 Å². The molecule has 2 atom stereocenters. The Morgan fingerprint density at radius 3 is 2.02 bits per heavy atom. The quantitative estimate of drug-likeness (QED) is 0.259. The van der Waals surface area contributed by atoms with Gasteiger partial charge in [0.2, 0.25) is 21.8 Å². The Labute approximate surface area is 242 Å². The fourth-order valence-electron chi connectivity index (χ4n) is 4.65. The maximum atomic E-state index is 14.0. The van der Waals surface area contributed by atoms with Gasteiger partial charge in [-0.25, -0.2) is 8.42 Å². The van der Waals surface area contributed by atoms with Gasteiger partial charge in [0.15, 0.2) is 0 Å². The molecule has 214 valence electrons. The van der Waals surface area contributed by atoms with Crippen LogP contribution >= 0.6 is 0 Å². The molecule has 4 aromatic carbocycles. The van der Waals surface area contributed by atoms with Crippen LogP contribution in [0.3, 0.4) is 0 Å². The molecule has 0 aliphatic rings. The van der Waals surface area contributed by atoms with Crippen molar-refractivity contribution < 1.29 is 18.0 Å². The molecule has 0 heterocycles. The summed E-state index contributed by atoms with van der Waals surface area (Å²) >= 11 is 0. The minimum Gasteiger partial charge on any atom is -0.352 e. The molecule has 4 aromatic rings. The van der Waals surface area contributed by atoms with Crippen molar-refractivity contribution in [2.45, 2.75) is 50.2 Å². The number of fused-ring (bicyclic) bond motifs is 1. The van der Waals surface area contributed by atoms with Crippen molar-refractivity contribution in [3.05, 3.63) is 114 Å². The average molecular weight is 572 g/mol. The predicted molar refractivity (Wildman–Crippen MR) is 163 cm³/mol. The summed E-state index contributed by atoms with van der Waals surface area (Å²) in [4.78, 5) is 29.2. The van der Waals surface area contributed by atoms with Crippen LogP contribution in [0.4, 0.5) is 0 Å². The molecule has 0 saturated heterocycles. The van der Waals surface area contributed by atoms with E-state index in [1.54, 1.807) is 18.2 Å². The smallest absolute Gasteiger partial charge is 0.243 e. The second kappa shape index (κ2) is 13.6. The fourth-order valence-corrected chi connectivity index (χ4v) is 5.81. The van der Waals surface area contributed by atoms with E-state index in [-0.39, 0.29) is 23.4 Å². The summed E-state index contributed by atoms with van der Waals surface area (Å²) in [5, 5.41) is 4.75. The normalized spacial score (nSPS) is 13.1. The second-order valence-corrected chi connectivity index (χ2v) is 12.3. The van der Waals surface area contributed by atoms with E-state index in [1.807, 2.05) is 98.8 Å². The molecule has 0 saturated carbocycles. The largest absolute Gasteiger partial charge is 0.352 e. The Hall–Kier alpha value is -4.01. The molecule has 1 N–H and O–H groups in total. The van der Waals surface area contributed by atoms with E-state index in [9.17, 15) is 18.0 Å². The van der Waals surface area contributed by atoms with Gasteiger partial charge >= 0.3 is 0 Å². The highest BCUT2D eigenvalue weighted by Crippen LogP contribution is 2.22.